The lowest BCUT2D eigenvalue weighted by Crippen LogP contribution is -2.38. The molecule has 1 fully saturated rings. The van der Waals surface area contributed by atoms with Gasteiger partial charge in [-0.2, -0.15) is 26.3 Å². The Kier molecular flexibility index (Phi) is 6.27. The van der Waals surface area contributed by atoms with Gasteiger partial charge < -0.3 is 9.73 Å². The van der Waals surface area contributed by atoms with E-state index in [-0.39, 0.29) is 29.1 Å². The van der Waals surface area contributed by atoms with Crippen LogP contribution in [0, 0.1) is 0 Å². The van der Waals surface area contributed by atoms with Crippen molar-refractivity contribution < 1.29 is 35.6 Å². The first-order chi connectivity index (χ1) is 13.9. The monoisotopic (exact) mass is 456 g/mol. The third-order valence-corrected chi connectivity index (χ3v) is 4.88. The van der Waals surface area contributed by atoms with Crippen molar-refractivity contribution >= 4 is 23.2 Å². The Morgan fingerprint density at radius 3 is 2.37 bits per heavy atom. The molecule has 2 aromatic rings. The van der Waals surface area contributed by atoms with Gasteiger partial charge in [0.05, 0.1) is 22.8 Å². The highest BCUT2D eigenvalue weighted by atomic mass is 35.5. The molecular formula is C17H15ClF6N4O2. The largest absolute Gasteiger partial charge is 0.470 e. The predicted molar refractivity (Wildman–Crippen MR) is 92.8 cm³/mol. The number of benzene rings is 1. The minimum atomic E-state index is -4.71. The summed E-state index contributed by atoms with van der Waals surface area (Å²) in [6.07, 6.45) is -8.52. The first-order valence-electron chi connectivity index (χ1n) is 8.73. The number of nitrogens with one attached hydrogen (secondary N) is 1. The zero-order valence-corrected chi connectivity index (χ0v) is 15.9. The maximum atomic E-state index is 12.8. The zero-order chi connectivity index (χ0) is 22.1. The average Bonchev–Trinajstić information content (AvgIpc) is 3.14. The van der Waals surface area contributed by atoms with Gasteiger partial charge in [0.2, 0.25) is 11.8 Å². The summed E-state index contributed by atoms with van der Waals surface area (Å²) in [6.45, 7) is 0.604. The molecule has 0 unspecified atom stereocenters. The lowest BCUT2D eigenvalue weighted by molar-refractivity contribution is -0.157. The molecule has 1 aromatic carbocycles. The topological polar surface area (TPSA) is 71.3 Å². The van der Waals surface area contributed by atoms with E-state index in [2.05, 4.69) is 19.9 Å². The highest BCUT2D eigenvalue weighted by molar-refractivity contribution is 6.33. The van der Waals surface area contributed by atoms with Crippen LogP contribution in [-0.2, 0) is 17.1 Å². The van der Waals surface area contributed by atoms with Crippen molar-refractivity contribution in [3.05, 3.63) is 40.6 Å². The van der Waals surface area contributed by atoms with Crippen molar-refractivity contribution in [1.82, 2.24) is 15.1 Å². The van der Waals surface area contributed by atoms with Gasteiger partial charge in [-0.15, -0.1) is 10.2 Å². The molecule has 1 N–H and O–H groups in total. The molecular weight excluding hydrogens is 442 g/mol. The summed E-state index contributed by atoms with van der Waals surface area (Å²) in [5.74, 6) is -2.45. The number of carbonyl (C=O) groups is 1. The lowest BCUT2D eigenvalue weighted by atomic mass is 9.97. The van der Waals surface area contributed by atoms with Crippen LogP contribution >= 0.6 is 11.6 Å². The molecule has 13 heteroatoms. The first-order valence-corrected chi connectivity index (χ1v) is 9.11. The molecule has 1 aliphatic heterocycles. The summed E-state index contributed by atoms with van der Waals surface area (Å²) in [5.41, 5.74) is -1.10. The number of rotatable bonds is 4. The van der Waals surface area contributed by atoms with E-state index in [1.54, 1.807) is 4.90 Å². The van der Waals surface area contributed by atoms with Crippen LogP contribution in [0.1, 0.15) is 36.1 Å². The molecule has 0 spiro atoms. The minimum Gasteiger partial charge on any atom is -0.417 e. The van der Waals surface area contributed by atoms with Gasteiger partial charge in [-0.25, -0.2) is 0 Å². The molecule has 0 radical (unpaired) electrons. The molecule has 164 valence electrons. The number of piperidine rings is 1. The fraction of sp³-hybridized carbons (Fsp3) is 0.471. The van der Waals surface area contributed by atoms with Crippen molar-refractivity contribution in [3.8, 4) is 0 Å². The number of anilines is 1. The van der Waals surface area contributed by atoms with E-state index in [4.69, 9.17) is 11.6 Å². The second kappa shape index (κ2) is 8.42. The molecule has 6 nitrogen and oxygen atoms in total. The molecule has 0 saturated carbocycles. The highest BCUT2D eigenvalue weighted by Crippen LogP contribution is 2.34. The van der Waals surface area contributed by atoms with Gasteiger partial charge in [0, 0.05) is 5.92 Å². The van der Waals surface area contributed by atoms with Crippen LogP contribution in [-0.4, -0.2) is 40.6 Å². The quantitative estimate of drug-likeness (QED) is 0.682. The molecule has 1 saturated heterocycles. The molecule has 30 heavy (non-hydrogen) atoms. The van der Waals surface area contributed by atoms with Crippen LogP contribution < -0.4 is 5.32 Å². The van der Waals surface area contributed by atoms with Gasteiger partial charge in [0.1, 0.15) is 0 Å². The van der Waals surface area contributed by atoms with Crippen molar-refractivity contribution in [2.45, 2.75) is 31.1 Å². The van der Waals surface area contributed by atoms with Crippen LogP contribution in [0.4, 0.5) is 32.0 Å². The third kappa shape index (κ3) is 5.42. The van der Waals surface area contributed by atoms with E-state index in [0.29, 0.717) is 25.9 Å². The third-order valence-electron chi connectivity index (χ3n) is 4.55. The molecule has 0 aliphatic carbocycles. The maximum absolute atomic E-state index is 12.8. The summed E-state index contributed by atoms with van der Waals surface area (Å²) in [5, 5.41) is 8.76. The summed E-state index contributed by atoms with van der Waals surface area (Å²) in [6, 6.07) is 2.61. The highest BCUT2D eigenvalue weighted by Gasteiger charge is 2.39. The lowest BCUT2D eigenvalue weighted by Gasteiger charge is -2.29. The number of nitrogens with zero attached hydrogens (tertiary/aromatic N) is 3. The Labute approximate surface area is 171 Å². The Hall–Kier alpha value is -2.34. The van der Waals surface area contributed by atoms with E-state index < -0.39 is 29.7 Å². The Morgan fingerprint density at radius 1 is 1.13 bits per heavy atom. The number of alkyl halides is 6. The maximum Gasteiger partial charge on any atom is 0.470 e. The van der Waals surface area contributed by atoms with E-state index >= 15 is 0 Å². The van der Waals surface area contributed by atoms with Gasteiger partial charge in [-0.05, 0) is 44.1 Å². The van der Waals surface area contributed by atoms with Crippen LogP contribution in [0.5, 0.6) is 0 Å². The van der Waals surface area contributed by atoms with Gasteiger partial charge >= 0.3 is 18.2 Å². The van der Waals surface area contributed by atoms with Crippen LogP contribution in [0.3, 0.4) is 0 Å². The van der Waals surface area contributed by atoms with E-state index in [0.717, 1.165) is 18.2 Å². The second-order valence-corrected chi connectivity index (χ2v) is 7.14. The molecule has 1 aromatic heterocycles. The van der Waals surface area contributed by atoms with Crippen LogP contribution in [0.25, 0.3) is 0 Å². The molecule has 3 rings (SSSR count). The molecule has 0 atom stereocenters. The first kappa shape index (κ1) is 22.3. The van der Waals surface area contributed by atoms with Gasteiger partial charge in [-0.1, -0.05) is 11.6 Å². The van der Waals surface area contributed by atoms with Crippen molar-refractivity contribution in [2.75, 3.05) is 25.0 Å². The normalized spacial score (nSPS) is 16.6. The standard InChI is InChI=1S/C17H15ClF6N4O2/c18-11-2-1-10(16(19,20)21)7-12(11)25-13(29)8-28-5-3-9(4-6-28)14-26-27-15(30-14)17(22,23)24/h1-2,7,9H,3-6,8H2,(H,25,29). The SMILES string of the molecule is O=C(CN1CCC(c2nnc(C(F)(F)F)o2)CC1)Nc1cc(C(F)(F)F)ccc1Cl. The average molecular weight is 457 g/mol. The summed E-state index contributed by atoms with van der Waals surface area (Å²) in [4.78, 5) is 13.9. The smallest absolute Gasteiger partial charge is 0.417 e. The van der Waals surface area contributed by atoms with E-state index in [1.807, 2.05) is 0 Å². The van der Waals surface area contributed by atoms with Crippen LogP contribution in [0.15, 0.2) is 22.6 Å². The molecule has 2 heterocycles. The Bertz CT molecular complexity index is 906. The molecule has 1 amide bonds. The van der Waals surface area contributed by atoms with Gasteiger partial charge in [0.25, 0.3) is 0 Å². The van der Waals surface area contributed by atoms with Gasteiger partial charge in [-0.3, -0.25) is 9.69 Å². The fourth-order valence-electron chi connectivity index (χ4n) is 3.04. The fourth-order valence-corrected chi connectivity index (χ4v) is 3.21. The second-order valence-electron chi connectivity index (χ2n) is 6.73. The van der Waals surface area contributed by atoms with Crippen LogP contribution in [0.2, 0.25) is 5.02 Å². The Balaban J connectivity index is 1.54. The van der Waals surface area contributed by atoms with E-state index in [1.165, 1.54) is 0 Å². The number of aromatic nitrogens is 2. The number of halogens is 7. The zero-order valence-electron chi connectivity index (χ0n) is 15.1. The summed E-state index contributed by atoms with van der Waals surface area (Å²) < 4.78 is 80.8. The number of carbonyl (C=O) groups excluding carboxylic acids is 1. The molecule has 0 bridgehead atoms. The Morgan fingerprint density at radius 2 is 1.80 bits per heavy atom. The van der Waals surface area contributed by atoms with Gasteiger partial charge in [0.15, 0.2) is 0 Å². The number of hydrogen-bond acceptors (Lipinski definition) is 5. The van der Waals surface area contributed by atoms with Crippen molar-refractivity contribution in [2.24, 2.45) is 0 Å². The summed E-state index contributed by atoms with van der Waals surface area (Å²) in [7, 11) is 0. The van der Waals surface area contributed by atoms with Crippen molar-refractivity contribution in [1.29, 1.82) is 0 Å². The summed E-state index contributed by atoms with van der Waals surface area (Å²) >= 11 is 5.86. The van der Waals surface area contributed by atoms with Crippen molar-refractivity contribution in [3.63, 3.8) is 0 Å². The predicted octanol–water partition coefficient (Wildman–Crippen LogP) is 4.58. The number of amides is 1. The van der Waals surface area contributed by atoms with E-state index in [9.17, 15) is 31.1 Å². The number of likely N-dealkylation sites (tertiary alicyclic amines) is 1. The molecule has 1 aliphatic rings. The minimum absolute atomic E-state index is 0.0353. The number of hydrogen-bond donors (Lipinski definition) is 1.